The topological polar surface area (TPSA) is 52.1 Å². The van der Waals surface area contributed by atoms with E-state index in [0.717, 1.165) is 0 Å². The van der Waals surface area contributed by atoms with Gasteiger partial charge in [-0.3, -0.25) is 4.79 Å². The molecule has 5 heteroatoms. The molecule has 1 aromatic carbocycles. The van der Waals surface area contributed by atoms with Crippen LogP contribution in [-0.2, 0) is 0 Å². The van der Waals surface area contributed by atoms with Gasteiger partial charge in [-0.1, -0.05) is 0 Å². The van der Waals surface area contributed by atoms with E-state index in [0.29, 0.717) is 17.0 Å². The molecule has 0 saturated heterocycles. The van der Waals surface area contributed by atoms with E-state index in [4.69, 9.17) is 4.74 Å². The summed E-state index contributed by atoms with van der Waals surface area (Å²) in [6, 6.07) is 5.46. The number of hydrogen-bond acceptors (Lipinski definition) is 4. The van der Waals surface area contributed by atoms with Gasteiger partial charge in [0.25, 0.3) is 0 Å². The molecule has 1 heterocycles. The number of hydrogen-bond donors (Lipinski definition) is 0. The van der Waals surface area contributed by atoms with E-state index in [1.54, 1.807) is 6.92 Å². The highest BCUT2D eigenvalue weighted by Crippen LogP contribution is 2.16. The summed E-state index contributed by atoms with van der Waals surface area (Å²) in [6.07, 6.45) is 1.25. The van der Waals surface area contributed by atoms with Crippen LogP contribution in [0.4, 0.5) is 4.39 Å². The van der Waals surface area contributed by atoms with Gasteiger partial charge in [0.2, 0.25) is 11.7 Å². The summed E-state index contributed by atoms with van der Waals surface area (Å²) in [4.78, 5) is 19.9. The quantitative estimate of drug-likeness (QED) is 0.779. The van der Waals surface area contributed by atoms with Crippen molar-refractivity contribution in [2.24, 2.45) is 0 Å². The number of rotatable bonds is 3. The summed E-state index contributed by atoms with van der Waals surface area (Å²) in [5.74, 6) is -0.342. The summed E-state index contributed by atoms with van der Waals surface area (Å²) >= 11 is 0. The van der Waals surface area contributed by atoms with E-state index in [9.17, 15) is 9.18 Å². The zero-order valence-electron chi connectivity index (χ0n) is 9.98. The molecule has 0 radical (unpaired) electrons. The number of nitrogens with zero attached hydrogens (tertiary/aromatic N) is 2. The third kappa shape index (κ3) is 2.34. The second-order valence-corrected chi connectivity index (χ2v) is 3.73. The molecule has 0 unspecified atom stereocenters. The number of carbonyl (C=O) groups is 1. The highest BCUT2D eigenvalue weighted by molar-refractivity contribution is 6.08. The maximum atomic E-state index is 13.0. The Morgan fingerprint density at radius 1 is 1.28 bits per heavy atom. The van der Waals surface area contributed by atoms with Crippen molar-refractivity contribution in [1.29, 1.82) is 0 Å². The molecular weight excluding hydrogens is 235 g/mol. The molecule has 2 aromatic rings. The predicted octanol–water partition coefficient (Wildman–Crippen LogP) is 2.16. The summed E-state index contributed by atoms with van der Waals surface area (Å²) in [6.45, 7) is 1.68. The van der Waals surface area contributed by atoms with Crippen LogP contribution in [0.25, 0.3) is 0 Å². The third-order valence-electron chi connectivity index (χ3n) is 2.52. The highest BCUT2D eigenvalue weighted by atomic mass is 19.1. The minimum atomic E-state index is -0.371. The van der Waals surface area contributed by atoms with E-state index in [2.05, 4.69) is 9.97 Å². The Morgan fingerprint density at radius 2 is 2.06 bits per heavy atom. The van der Waals surface area contributed by atoms with Crippen molar-refractivity contribution in [2.45, 2.75) is 6.92 Å². The lowest BCUT2D eigenvalue weighted by Crippen LogP contribution is -2.07. The van der Waals surface area contributed by atoms with Crippen molar-refractivity contribution in [1.82, 2.24) is 9.97 Å². The van der Waals surface area contributed by atoms with E-state index in [1.807, 2.05) is 0 Å². The molecule has 18 heavy (non-hydrogen) atoms. The normalized spacial score (nSPS) is 10.2. The van der Waals surface area contributed by atoms with E-state index in [1.165, 1.54) is 37.7 Å². The van der Waals surface area contributed by atoms with Crippen molar-refractivity contribution >= 4 is 5.78 Å². The third-order valence-corrected chi connectivity index (χ3v) is 2.52. The molecular formula is C13H11FN2O2. The lowest BCUT2D eigenvalue weighted by atomic mass is 10.0. The van der Waals surface area contributed by atoms with Crippen LogP contribution in [0.15, 0.2) is 30.6 Å². The first-order valence-corrected chi connectivity index (χ1v) is 5.28. The molecule has 4 nitrogen and oxygen atoms in total. The number of aryl methyl sites for hydroxylation is 1. The summed E-state index contributed by atoms with van der Waals surface area (Å²) < 4.78 is 17.9. The van der Waals surface area contributed by atoms with Gasteiger partial charge in [0, 0.05) is 11.6 Å². The molecule has 0 spiro atoms. The Kier molecular flexibility index (Phi) is 3.32. The summed E-state index contributed by atoms with van der Waals surface area (Å²) in [5, 5.41) is 0. The van der Waals surface area contributed by atoms with Gasteiger partial charge in [0.1, 0.15) is 17.8 Å². The molecule has 0 aliphatic carbocycles. The largest absolute Gasteiger partial charge is 0.481 e. The molecule has 0 amide bonds. The maximum Gasteiger partial charge on any atom is 0.216 e. The number of benzene rings is 1. The number of aromatic nitrogens is 2. The second kappa shape index (κ2) is 4.91. The first-order valence-electron chi connectivity index (χ1n) is 5.28. The Morgan fingerprint density at radius 3 is 2.72 bits per heavy atom. The summed E-state index contributed by atoms with van der Waals surface area (Å²) in [7, 11) is 1.46. The molecule has 0 N–H and O–H groups in total. The number of ketones is 1. The van der Waals surface area contributed by atoms with Crippen LogP contribution in [-0.4, -0.2) is 22.9 Å². The zero-order chi connectivity index (χ0) is 13.1. The van der Waals surface area contributed by atoms with Gasteiger partial charge >= 0.3 is 0 Å². The first kappa shape index (κ1) is 12.2. The fourth-order valence-electron chi connectivity index (χ4n) is 1.60. The van der Waals surface area contributed by atoms with Crippen molar-refractivity contribution in [3.8, 4) is 5.88 Å². The molecule has 2 rings (SSSR count). The van der Waals surface area contributed by atoms with Crippen molar-refractivity contribution in [3.05, 3.63) is 53.2 Å². The van der Waals surface area contributed by atoms with E-state index in [-0.39, 0.29) is 17.3 Å². The highest BCUT2D eigenvalue weighted by Gasteiger charge is 2.14. The minimum Gasteiger partial charge on any atom is -0.481 e. The van der Waals surface area contributed by atoms with Crippen molar-refractivity contribution in [2.75, 3.05) is 7.11 Å². The lowest BCUT2D eigenvalue weighted by molar-refractivity contribution is 0.103. The number of halogens is 1. The Hall–Kier alpha value is -2.30. The molecule has 0 fully saturated rings. The molecule has 0 aliphatic rings. The van der Waals surface area contributed by atoms with Crippen LogP contribution in [0.3, 0.4) is 0 Å². The fraction of sp³-hybridized carbons (Fsp3) is 0.154. The van der Waals surface area contributed by atoms with Crippen LogP contribution < -0.4 is 4.74 Å². The van der Waals surface area contributed by atoms with Crippen molar-refractivity contribution < 1.29 is 13.9 Å². The van der Waals surface area contributed by atoms with Crippen LogP contribution in [0.1, 0.15) is 21.6 Å². The van der Waals surface area contributed by atoms with Gasteiger partial charge in [-0.05, 0) is 30.7 Å². The van der Waals surface area contributed by atoms with Gasteiger partial charge < -0.3 is 4.74 Å². The Labute approximate surface area is 103 Å². The number of methoxy groups -OCH3 is 1. The number of carbonyl (C=O) groups excluding carboxylic acids is 1. The Balaban J connectivity index is 2.41. The average Bonchev–Trinajstić information content (AvgIpc) is 2.38. The molecule has 0 saturated carbocycles. The number of ether oxygens (including phenoxy) is 1. The SMILES string of the molecule is COc1cc(C(=O)c2ccc(F)cc2C)ncn1. The predicted molar refractivity (Wildman–Crippen MR) is 63.2 cm³/mol. The van der Waals surface area contributed by atoms with Crippen LogP contribution >= 0.6 is 0 Å². The van der Waals surface area contributed by atoms with Crippen LogP contribution in [0.2, 0.25) is 0 Å². The minimum absolute atomic E-state index is 0.219. The van der Waals surface area contributed by atoms with Crippen molar-refractivity contribution in [3.63, 3.8) is 0 Å². The monoisotopic (exact) mass is 246 g/mol. The Bertz CT molecular complexity index is 599. The average molecular weight is 246 g/mol. The second-order valence-electron chi connectivity index (χ2n) is 3.73. The molecule has 0 aliphatic heterocycles. The van der Waals surface area contributed by atoms with Gasteiger partial charge in [-0.25, -0.2) is 14.4 Å². The van der Waals surface area contributed by atoms with Crippen LogP contribution in [0.5, 0.6) is 5.88 Å². The van der Waals surface area contributed by atoms with Gasteiger partial charge in [0.05, 0.1) is 7.11 Å². The summed E-state index contributed by atoms with van der Waals surface area (Å²) in [5.41, 5.74) is 1.20. The van der Waals surface area contributed by atoms with Gasteiger partial charge in [-0.2, -0.15) is 0 Å². The van der Waals surface area contributed by atoms with Gasteiger partial charge in [0.15, 0.2) is 0 Å². The van der Waals surface area contributed by atoms with E-state index >= 15 is 0 Å². The zero-order valence-corrected chi connectivity index (χ0v) is 9.98. The standard InChI is InChI=1S/C13H11FN2O2/c1-8-5-9(14)3-4-10(8)13(17)11-6-12(18-2)16-7-15-11/h3-7H,1-2H3. The lowest BCUT2D eigenvalue weighted by Gasteiger charge is -2.05. The first-order chi connectivity index (χ1) is 8.61. The molecule has 92 valence electrons. The maximum absolute atomic E-state index is 13.0. The fourth-order valence-corrected chi connectivity index (χ4v) is 1.60. The smallest absolute Gasteiger partial charge is 0.216 e. The molecule has 0 atom stereocenters. The van der Waals surface area contributed by atoms with Gasteiger partial charge in [-0.15, -0.1) is 0 Å². The van der Waals surface area contributed by atoms with E-state index < -0.39 is 0 Å². The molecule has 0 bridgehead atoms. The molecule has 1 aromatic heterocycles. The van der Waals surface area contributed by atoms with Crippen LogP contribution in [0, 0.1) is 12.7 Å².